The second-order valence-electron chi connectivity index (χ2n) is 18.7. The van der Waals surface area contributed by atoms with E-state index in [-0.39, 0.29) is 37.7 Å². The molecule has 0 aromatic heterocycles. The second-order valence-corrected chi connectivity index (χ2v) is 18.7. The van der Waals surface area contributed by atoms with Gasteiger partial charge >= 0.3 is 0 Å². The Morgan fingerprint density at radius 2 is 0.831 bits per heavy atom. The molecule has 4 nitrogen and oxygen atoms in total. The van der Waals surface area contributed by atoms with Gasteiger partial charge in [-0.25, -0.2) is 5.92 Å². The minimum absolute atomic E-state index is 0. The van der Waals surface area contributed by atoms with Crippen LogP contribution in [0, 0.1) is 77.9 Å². The number of aromatic hydroxyl groups is 2. The summed E-state index contributed by atoms with van der Waals surface area (Å²) in [7, 11) is 9.98. The quantitative estimate of drug-likeness (QED) is 0.0689. The predicted molar refractivity (Wildman–Crippen MR) is 316 cm³/mol. The Morgan fingerprint density at radius 1 is 0.468 bits per heavy atom. The standard InChI is InChI=1S/C30H28O2.C28H24O2.C7H7.C7H3.Hf/c1-4-17-32(3)28-16-10-9-13-23(28)26-18-20(2)19-27(30(26)31)29-24-14-7-5-11-21(24)22-12-6-8-15-25(22)29;1-18-16-24(21-12-8-9-15-26(21)30(2)3)28(29)25(17-18)27-22-13-6-4-10-19(22)20-11-5-7-14-23(20)27;1-7-5-3-2-4-6-7;1-3-5-7-6-4-2;/h5-16,18-19,29,31H,3-4,17H2,1-2H3;4-17,27,29H,2H2,1,3H3;2-6H,1H2;1H,2H2;/q;;2*-1;. The van der Waals surface area contributed by atoms with Crippen molar-refractivity contribution in [3.63, 3.8) is 0 Å². The van der Waals surface area contributed by atoms with Gasteiger partial charge in [-0.05, 0) is 120 Å². The van der Waals surface area contributed by atoms with Crippen molar-refractivity contribution < 1.29 is 44.8 Å². The van der Waals surface area contributed by atoms with Crippen LogP contribution in [0.4, 0.5) is 0 Å². The maximum absolute atomic E-state index is 11.7. The maximum Gasteiger partial charge on any atom is 0.234 e. The number of rotatable bonds is 8. The Labute approximate surface area is 476 Å². The molecule has 2 aliphatic carbocycles. The third kappa shape index (κ3) is 12.4. The molecule has 0 spiro atoms. The SMILES string of the molecule is C#CC#CC#C[CH2-].[CH2-][O+](C)c1ccccc1-c1cc(C)cc(C2c3ccccc3-c3ccccc32)c1O.[CH2-][O+](CCC)c1ccccc1-c1cc(C)cc(C2c3ccccc3-c3ccccc32)c1O.[CH2-]c1ccccc1.[Hf]. The summed E-state index contributed by atoms with van der Waals surface area (Å²) in [6.07, 6.45) is 5.73. The molecule has 380 valence electrons. The molecule has 0 amide bonds. The van der Waals surface area contributed by atoms with Crippen molar-refractivity contribution in [2.75, 3.05) is 13.7 Å². The zero-order chi connectivity index (χ0) is 53.7. The molecule has 0 radical (unpaired) electrons. The maximum atomic E-state index is 11.7. The van der Waals surface area contributed by atoms with Crippen LogP contribution < -0.4 is 0 Å². The van der Waals surface area contributed by atoms with Crippen molar-refractivity contribution in [1.29, 1.82) is 0 Å². The van der Waals surface area contributed by atoms with Crippen molar-refractivity contribution in [2.45, 2.75) is 39.0 Å². The molecule has 2 N–H and O–H groups in total. The molecule has 77 heavy (non-hydrogen) atoms. The summed E-state index contributed by atoms with van der Waals surface area (Å²) < 4.78 is 5.63. The summed E-state index contributed by atoms with van der Waals surface area (Å²) in [4.78, 5) is 0. The first-order chi connectivity index (χ1) is 37.0. The van der Waals surface area contributed by atoms with Gasteiger partial charge in [-0.15, -0.1) is 24.5 Å². The molecular formula is C72H62HfO4-2. The molecule has 0 unspecified atom stereocenters. The van der Waals surface area contributed by atoms with Crippen LogP contribution in [0.3, 0.4) is 0 Å². The number of benzene rings is 9. The van der Waals surface area contributed by atoms with Gasteiger partial charge in [0.2, 0.25) is 11.5 Å². The van der Waals surface area contributed by atoms with E-state index in [0.29, 0.717) is 11.5 Å². The molecule has 0 saturated heterocycles. The van der Waals surface area contributed by atoms with E-state index in [1.807, 2.05) is 79.9 Å². The van der Waals surface area contributed by atoms with E-state index in [4.69, 9.17) is 6.42 Å². The van der Waals surface area contributed by atoms with Crippen LogP contribution in [-0.4, -0.2) is 23.9 Å². The Morgan fingerprint density at radius 3 is 1.19 bits per heavy atom. The molecule has 9 aromatic carbocycles. The van der Waals surface area contributed by atoms with Crippen LogP contribution >= 0.6 is 0 Å². The Kier molecular flexibility index (Phi) is 19.2. The number of phenols is 2. The molecule has 0 atom stereocenters. The first-order valence-electron chi connectivity index (χ1n) is 25.2. The smallest absolute Gasteiger partial charge is 0.234 e. The first kappa shape index (κ1) is 56.2. The van der Waals surface area contributed by atoms with Crippen molar-refractivity contribution in [2.24, 2.45) is 0 Å². The van der Waals surface area contributed by atoms with Crippen LogP contribution in [0.2, 0.25) is 0 Å². The normalized spacial score (nSPS) is 11.1. The number of hydrogen-bond donors (Lipinski definition) is 2. The van der Waals surface area contributed by atoms with Gasteiger partial charge in [-0.1, -0.05) is 146 Å². The predicted octanol–water partition coefficient (Wildman–Crippen LogP) is 17.5. The van der Waals surface area contributed by atoms with Crippen molar-refractivity contribution in [3.8, 4) is 104 Å². The molecule has 5 heteroatoms. The number of phenolic OH excluding ortho intramolecular Hbond substituents is 2. The number of terminal acetylenes is 1. The van der Waals surface area contributed by atoms with E-state index in [1.165, 1.54) is 44.5 Å². The zero-order valence-corrected chi connectivity index (χ0v) is 47.8. The summed E-state index contributed by atoms with van der Waals surface area (Å²) >= 11 is 0. The monoisotopic (exact) mass is 1170 g/mol. The molecule has 0 saturated carbocycles. The molecule has 0 fully saturated rings. The van der Waals surface area contributed by atoms with Gasteiger partial charge in [0.05, 0.1) is 11.1 Å². The minimum atomic E-state index is 0. The molecule has 0 bridgehead atoms. The van der Waals surface area contributed by atoms with Gasteiger partial charge in [-0.2, -0.15) is 31.5 Å². The van der Waals surface area contributed by atoms with Crippen LogP contribution in [-0.2, 0) is 34.6 Å². The summed E-state index contributed by atoms with van der Waals surface area (Å²) in [5.41, 5.74) is 18.7. The van der Waals surface area contributed by atoms with E-state index >= 15 is 0 Å². The minimum Gasteiger partial charge on any atom is -0.713 e. The fraction of sp³-hybridized carbons (Fsp3) is 0.111. The summed E-state index contributed by atoms with van der Waals surface area (Å²) in [5, 5.41) is 23.2. The van der Waals surface area contributed by atoms with Crippen LogP contribution in [0.15, 0.2) is 200 Å². The van der Waals surface area contributed by atoms with E-state index in [0.717, 1.165) is 74.6 Å². The van der Waals surface area contributed by atoms with Gasteiger partial charge in [0.15, 0.2) is 0 Å². The molecule has 0 aliphatic heterocycles. The van der Waals surface area contributed by atoms with Gasteiger partial charge < -0.3 is 18.9 Å². The van der Waals surface area contributed by atoms with E-state index in [9.17, 15) is 10.2 Å². The Bertz CT molecular complexity index is 3580. The molecule has 11 rings (SSSR count). The molecule has 2 aliphatic rings. The van der Waals surface area contributed by atoms with E-state index in [2.05, 4.69) is 215 Å². The second kappa shape index (κ2) is 26.3. The fourth-order valence-corrected chi connectivity index (χ4v) is 10.3. The largest absolute Gasteiger partial charge is 0.713 e. The van der Waals surface area contributed by atoms with Crippen LogP contribution in [0.25, 0.3) is 44.5 Å². The van der Waals surface area contributed by atoms with Gasteiger partial charge in [-0.3, -0.25) is 5.92 Å². The van der Waals surface area contributed by atoms with E-state index in [1.54, 1.807) is 0 Å². The van der Waals surface area contributed by atoms with Crippen LogP contribution in [0.5, 0.6) is 23.0 Å². The Balaban J connectivity index is 0.000000177. The average Bonchev–Trinajstić information content (AvgIpc) is 4.04. The third-order valence-corrected chi connectivity index (χ3v) is 13.5. The first-order valence-corrected chi connectivity index (χ1v) is 25.2. The van der Waals surface area contributed by atoms with Crippen molar-refractivity contribution >= 4 is 0 Å². The van der Waals surface area contributed by atoms with Crippen molar-refractivity contribution in [3.05, 3.63) is 278 Å². The van der Waals surface area contributed by atoms with Gasteiger partial charge in [0.1, 0.15) is 25.2 Å². The topological polar surface area (TPSA) is 45.9 Å². The third-order valence-electron chi connectivity index (χ3n) is 13.5. The molecule has 9 aromatic rings. The van der Waals surface area contributed by atoms with Gasteiger partial charge in [0, 0.05) is 78.5 Å². The number of aryl methyl sites for hydroxylation is 2. The average molecular weight is 1170 g/mol. The molecular weight excluding hydrogens is 1110 g/mol. The summed E-state index contributed by atoms with van der Waals surface area (Å²) in [6, 6.07) is 68.5. The summed E-state index contributed by atoms with van der Waals surface area (Å²) in [6.45, 7) is 14.0. The van der Waals surface area contributed by atoms with Crippen LogP contribution in [0.1, 0.15) is 75.3 Å². The molecule has 0 heterocycles. The van der Waals surface area contributed by atoms with Crippen molar-refractivity contribution in [1.82, 2.24) is 0 Å². The number of para-hydroxylation sites is 2. The summed E-state index contributed by atoms with van der Waals surface area (Å²) in [5.74, 6) is 14.0. The number of fused-ring (bicyclic) bond motifs is 6. The zero-order valence-electron chi connectivity index (χ0n) is 44.2. The fourth-order valence-electron chi connectivity index (χ4n) is 10.3. The Hall–Kier alpha value is -8.53. The van der Waals surface area contributed by atoms with Gasteiger partial charge in [0.25, 0.3) is 0 Å². The number of hydrogen-bond acceptors (Lipinski definition) is 2. The van der Waals surface area contributed by atoms with E-state index < -0.39 is 0 Å².